The summed E-state index contributed by atoms with van der Waals surface area (Å²) in [6, 6.07) is 1.36. The maximum atomic E-state index is 13.1. The van der Waals surface area contributed by atoms with Crippen LogP contribution in [-0.4, -0.2) is 71.2 Å². The topological polar surface area (TPSA) is 84.0 Å². The van der Waals surface area contributed by atoms with E-state index in [0.717, 1.165) is 24.1 Å². The van der Waals surface area contributed by atoms with Crippen molar-refractivity contribution in [3.63, 3.8) is 0 Å². The summed E-state index contributed by atoms with van der Waals surface area (Å²) in [5.41, 5.74) is 0.406. The molecule has 1 aromatic heterocycles. The minimum absolute atomic E-state index is 0.102. The van der Waals surface area contributed by atoms with Crippen LogP contribution in [0.4, 0.5) is 0 Å². The number of hydrogen-bond acceptors (Lipinski definition) is 7. The lowest BCUT2D eigenvalue weighted by Crippen LogP contribution is -2.51. The van der Waals surface area contributed by atoms with Gasteiger partial charge in [0.25, 0.3) is 10.0 Å². The third kappa shape index (κ3) is 4.73. The van der Waals surface area contributed by atoms with Crippen molar-refractivity contribution in [1.82, 2.24) is 9.21 Å². The first kappa shape index (κ1) is 22.8. The van der Waals surface area contributed by atoms with E-state index < -0.39 is 19.9 Å². The monoisotopic (exact) mass is 438 g/mol. The van der Waals surface area contributed by atoms with E-state index in [9.17, 15) is 16.8 Å². The van der Waals surface area contributed by atoms with Crippen molar-refractivity contribution in [3.8, 4) is 0 Å². The number of sulfone groups is 1. The second-order valence-corrected chi connectivity index (χ2v) is 13.2. The summed E-state index contributed by atoms with van der Waals surface area (Å²) in [5.74, 6) is 0. The molecule has 7 nitrogen and oxygen atoms in total. The van der Waals surface area contributed by atoms with Crippen LogP contribution in [-0.2, 0) is 24.6 Å². The SMILES string of the molecule is CCN([C@H]1CN(CCCOC)S(=O)(=O)c2sc(S(C)(=O)=O)cc21)C(C)(C)C. The zero-order chi connectivity index (χ0) is 20.6. The average Bonchev–Trinajstić information content (AvgIpc) is 2.97. The minimum atomic E-state index is -3.72. The van der Waals surface area contributed by atoms with E-state index in [2.05, 4.69) is 25.7 Å². The molecule has 0 fully saturated rings. The Hall–Kier alpha value is -0.520. The van der Waals surface area contributed by atoms with Gasteiger partial charge in [-0.05, 0) is 39.8 Å². The van der Waals surface area contributed by atoms with Crippen molar-refractivity contribution in [2.45, 2.75) is 54.1 Å². The van der Waals surface area contributed by atoms with Crippen molar-refractivity contribution in [1.29, 1.82) is 0 Å². The molecule has 1 atom stereocenters. The second-order valence-electron chi connectivity index (χ2n) is 7.76. The van der Waals surface area contributed by atoms with E-state index in [4.69, 9.17) is 4.74 Å². The number of nitrogens with zero attached hydrogens (tertiary/aromatic N) is 2. The summed E-state index contributed by atoms with van der Waals surface area (Å²) in [6.07, 6.45) is 1.70. The highest BCUT2D eigenvalue weighted by Gasteiger charge is 2.43. The standard InChI is InChI=1S/C17H30N2O5S3/c1-7-19(17(2,3)4)14-12-18(9-8-10-24-5)27(22,23)16-13(14)11-15(25-16)26(6,20)21/h11,14H,7-10,12H2,1-6H3/t14-/m0/s1. The molecule has 10 heteroatoms. The van der Waals surface area contributed by atoms with Gasteiger partial charge in [0.05, 0.1) is 6.04 Å². The predicted octanol–water partition coefficient (Wildman–Crippen LogP) is 2.35. The van der Waals surface area contributed by atoms with Crippen molar-refractivity contribution < 1.29 is 21.6 Å². The van der Waals surface area contributed by atoms with Crippen molar-refractivity contribution in [2.24, 2.45) is 0 Å². The van der Waals surface area contributed by atoms with Crippen LogP contribution in [0, 0.1) is 0 Å². The summed E-state index contributed by atoms with van der Waals surface area (Å²) < 4.78 is 57.2. The molecular weight excluding hydrogens is 408 g/mol. The Labute approximate surface area is 167 Å². The third-order valence-corrected chi connectivity index (χ3v) is 10.1. The molecular formula is C17H30N2O5S3. The van der Waals surface area contributed by atoms with Gasteiger partial charge >= 0.3 is 0 Å². The molecule has 0 saturated carbocycles. The van der Waals surface area contributed by atoms with Crippen LogP contribution in [0.2, 0.25) is 0 Å². The number of rotatable bonds is 7. The fourth-order valence-corrected chi connectivity index (χ4v) is 7.99. The van der Waals surface area contributed by atoms with Crippen LogP contribution >= 0.6 is 11.3 Å². The van der Waals surface area contributed by atoms with Crippen molar-refractivity contribution in [3.05, 3.63) is 11.6 Å². The lowest BCUT2D eigenvalue weighted by atomic mass is 9.99. The number of ether oxygens (including phenoxy) is 1. The Morgan fingerprint density at radius 3 is 2.48 bits per heavy atom. The summed E-state index contributed by atoms with van der Waals surface area (Å²) in [4.78, 5) is 2.22. The fraction of sp³-hybridized carbons (Fsp3) is 0.765. The Kier molecular flexibility index (Phi) is 6.81. The first-order chi connectivity index (χ1) is 12.3. The molecule has 0 spiro atoms. The van der Waals surface area contributed by atoms with Crippen LogP contribution in [0.5, 0.6) is 0 Å². The van der Waals surface area contributed by atoms with Gasteiger partial charge in [0, 0.05) is 44.2 Å². The number of fused-ring (bicyclic) bond motifs is 1. The number of hydrogen-bond donors (Lipinski definition) is 0. The maximum Gasteiger partial charge on any atom is 0.252 e. The molecule has 27 heavy (non-hydrogen) atoms. The molecule has 156 valence electrons. The molecule has 0 N–H and O–H groups in total. The summed E-state index contributed by atoms with van der Waals surface area (Å²) in [7, 11) is -5.61. The van der Waals surface area contributed by atoms with Gasteiger partial charge in [-0.15, -0.1) is 11.3 Å². The fourth-order valence-electron chi connectivity index (χ4n) is 3.51. The highest BCUT2D eigenvalue weighted by Crippen LogP contribution is 2.44. The molecule has 2 rings (SSSR count). The predicted molar refractivity (Wildman–Crippen MR) is 108 cm³/mol. The van der Waals surface area contributed by atoms with E-state index in [1.807, 2.05) is 6.92 Å². The van der Waals surface area contributed by atoms with Gasteiger partial charge in [0.1, 0.15) is 8.42 Å². The van der Waals surface area contributed by atoms with Gasteiger partial charge < -0.3 is 4.74 Å². The Morgan fingerprint density at radius 1 is 1.37 bits per heavy atom. The van der Waals surface area contributed by atoms with E-state index in [1.165, 1.54) is 4.31 Å². The largest absolute Gasteiger partial charge is 0.385 e. The van der Waals surface area contributed by atoms with E-state index in [1.54, 1.807) is 13.2 Å². The number of thiophene rings is 1. The first-order valence-corrected chi connectivity index (χ1v) is 13.1. The first-order valence-electron chi connectivity index (χ1n) is 8.93. The summed E-state index contributed by atoms with van der Waals surface area (Å²) in [5, 5.41) is 0. The molecule has 0 amide bonds. The Bertz CT molecular complexity index is 869. The molecule has 1 aromatic rings. The van der Waals surface area contributed by atoms with Gasteiger partial charge in [-0.2, -0.15) is 4.31 Å². The Morgan fingerprint density at radius 2 is 2.00 bits per heavy atom. The molecule has 0 aromatic carbocycles. The smallest absolute Gasteiger partial charge is 0.252 e. The van der Waals surface area contributed by atoms with Crippen LogP contribution in [0.15, 0.2) is 14.5 Å². The van der Waals surface area contributed by atoms with Crippen molar-refractivity contribution >= 4 is 31.2 Å². The molecule has 1 aliphatic rings. The number of methoxy groups -OCH3 is 1. The highest BCUT2D eigenvalue weighted by molar-refractivity contribution is 7.94. The van der Waals surface area contributed by atoms with Gasteiger partial charge in [0.2, 0.25) is 0 Å². The van der Waals surface area contributed by atoms with E-state index in [-0.39, 0.29) is 20.0 Å². The second kappa shape index (κ2) is 8.08. The average molecular weight is 439 g/mol. The molecule has 2 heterocycles. The third-order valence-electron chi connectivity index (χ3n) is 4.71. The lowest BCUT2D eigenvalue weighted by Gasteiger charge is -2.44. The highest BCUT2D eigenvalue weighted by atomic mass is 32.3. The summed E-state index contributed by atoms with van der Waals surface area (Å²) >= 11 is 0.859. The van der Waals surface area contributed by atoms with Gasteiger partial charge in [0.15, 0.2) is 9.84 Å². The zero-order valence-electron chi connectivity index (χ0n) is 16.9. The van der Waals surface area contributed by atoms with E-state index in [0.29, 0.717) is 31.7 Å². The molecule has 0 bridgehead atoms. The number of likely N-dealkylation sites (N-methyl/N-ethyl adjacent to an activating group) is 1. The van der Waals surface area contributed by atoms with E-state index >= 15 is 0 Å². The maximum absolute atomic E-state index is 13.1. The molecule has 0 saturated heterocycles. The minimum Gasteiger partial charge on any atom is -0.385 e. The number of sulfonamides is 1. The molecule has 0 aliphatic carbocycles. The van der Waals surface area contributed by atoms with Gasteiger partial charge in [-0.1, -0.05) is 6.92 Å². The van der Waals surface area contributed by atoms with Crippen LogP contribution in [0.25, 0.3) is 0 Å². The molecule has 1 aliphatic heterocycles. The van der Waals surface area contributed by atoms with Gasteiger partial charge in [-0.25, -0.2) is 16.8 Å². The summed E-state index contributed by atoms with van der Waals surface area (Å²) in [6.45, 7) is 10.1. The zero-order valence-corrected chi connectivity index (χ0v) is 19.3. The quantitative estimate of drug-likeness (QED) is 0.608. The molecule has 0 unspecified atom stereocenters. The van der Waals surface area contributed by atoms with Crippen LogP contribution in [0.3, 0.4) is 0 Å². The lowest BCUT2D eigenvalue weighted by molar-refractivity contribution is 0.0704. The van der Waals surface area contributed by atoms with Crippen molar-refractivity contribution in [2.75, 3.05) is 39.6 Å². The normalized spacial score (nSPS) is 20.8. The molecule has 0 radical (unpaired) electrons. The van der Waals surface area contributed by atoms with Gasteiger partial charge in [-0.3, -0.25) is 4.90 Å². The Balaban J connectivity index is 2.60. The van der Waals surface area contributed by atoms with Crippen LogP contribution < -0.4 is 0 Å². The van der Waals surface area contributed by atoms with Crippen LogP contribution in [0.1, 0.15) is 45.7 Å².